The van der Waals surface area contributed by atoms with Crippen LogP contribution in [0.25, 0.3) is 10.8 Å². The summed E-state index contributed by atoms with van der Waals surface area (Å²) in [6, 6.07) is 9.89. The number of fused-ring (bicyclic) bond motifs is 5. The smallest absolute Gasteiger partial charge is 0.139 e. The van der Waals surface area contributed by atoms with Gasteiger partial charge in [-0.1, -0.05) is 32.0 Å². The van der Waals surface area contributed by atoms with Gasteiger partial charge < -0.3 is 5.11 Å². The maximum absolute atomic E-state index is 12.4. The molecule has 0 heterocycles. The highest BCUT2D eigenvalue weighted by atomic mass is 16.3. The molecule has 0 radical (unpaired) electrons. The molecule has 4 rings (SSSR count). The minimum Gasteiger partial charge on any atom is -0.508 e. The molecule has 0 saturated heterocycles. The lowest BCUT2D eigenvalue weighted by Gasteiger charge is -2.45. The van der Waals surface area contributed by atoms with Gasteiger partial charge in [0.1, 0.15) is 11.5 Å². The monoisotopic (exact) mass is 280 g/mol. The topological polar surface area (TPSA) is 37.3 Å². The van der Waals surface area contributed by atoms with Crippen LogP contribution in [0, 0.1) is 5.41 Å². The standard InChI is InChI=1S/C19H20O2/c1-18-10-8-17(21)19(18,2)9-7-15-14-5-4-13(20)11-12(14)3-6-16(15)18/h3-6,11,20H,7-10H2,1-2H3. The summed E-state index contributed by atoms with van der Waals surface area (Å²) in [6.07, 6.45) is 3.56. The summed E-state index contributed by atoms with van der Waals surface area (Å²) in [7, 11) is 0. The molecule has 1 fully saturated rings. The summed E-state index contributed by atoms with van der Waals surface area (Å²) < 4.78 is 0. The minimum absolute atomic E-state index is 0.0380. The van der Waals surface area contributed by atoms with Crippen molar-refractivity contribution in [2.24, 2.45) is 5.41 Å². The van der Waals surface area contributed by atoms with Gasteiger partial charge in [-0.05, 0) is 53.3 Å². The fourth-order valence-corrected chi connectivity index (χ4v) is 4.61. The van der Waals surface area contributed by atoms with Crippen LogP contribution in [0.4, 0.5) is 0 Å². The van der Waals surface area contributed by atoms with Gasteiger partial charge in [0.05, 0.1) is 0 Å². The Morgan fingerprint density at radius 2 is 1.76 bits per heavy atom. The Kier molecular flexibility index (Phi) is 2.38. The quantitative estimate of drug-likeness (QED) is 0.788. The molecular formula is C19H20O2. The van der Waals surface area contributed by atoms with Gasteiger partial charge in [0.15, 0.2) is 0 Å². The second-order valence-corrected chi connectivity index (χ2v) is 7.08. The lowest BCUT2D eigenvalue weighted by Crippen LogP contribution is -2.44. The van der Waals surface area contributed by atoms with E-state index in [0.29, 0.717) is 18.0 Å². The molecule has 0 amide bonds. The first-order chi connectivity index (χ1) is 9.96. The van der Waals surface area contributed by atoms with Crippen LogP contribution in [-0.4, -0.2) is 10.9 Å². The number of hydrogen-bond acceptors (Lipinski definition) is 2. The van der Waals surface area contributed by atoms with Crippen LogP contribution in [0.3, 0.4) is 0 Å². The van der Waals surface area contributed by atoms with E-state index in [0.717, 1.165) is 24.6 Å². The normalized spacial score (nSPS) is 31.2. The predicted molar refractivity (Wildman–Crippen MR) is 83.6 cm³/mol. The van der Waals surface area contributed by atoms with Crippen molar-refractivity contribution in [3.8, 4) is 5.75 Å². The van der Waals surface area contributed by atoms with Crippen LogP contribution >= 0.6 is 0 Å². The SMILES string of the molecule is CC12CCc3c(ccc4cc(O)ccc34)C1(C)CCC2=O. The third-order valence-electron chi connectivity index (χ3n) is 6.27. The molecule has 0 spiro atoms. The molecule has 2 aromatic carbocycles. The molecule has 0 bridgehead atoms. The second-order valence-electron chi connectivity index (χ2n) is 7.08. The van der Waals surface area contributed by atoms with Crippen LogP contribution in [0.15, 0.2) is 30.3 Å². The molecule has 1 saturated carbocycles. The molecule has 108 valence electrons. The van der Waals surface area contributed by atoms with Gasteiger partial charge >= 0.3 is 0 Å². The Hall–Kier alpha value is -1.83. The molecule has 0 aliphatic heterocycles. The Balaban J connectivity index is 2.01. The van der Waals surface area contributed by atoms with Gasteiger partial charge in [-0.15, -0.1) is 0 Å². The highest BCUT2D eigenvalue weighted by Gasteiger charge is 2.57. The van der Waals surface area contributed by atoms with Crippen molar-refractivity contribution in [1.29, 1.82) is 0 Å². The Bertz CT molecular complexity index is 776. The van der Waals surface area contributed by atoms with E-state index < -0.39 is 0 Å². The first-order valence-corrected chi connectivity index (χ1v) is 7.74. The van der Waals surface area contributed by atoms with Crippen molar-refractivity contribution >= 4 is 16.6 Å². The average molecular weight is 280 g/mol. The summed E-state index contributed by atoms with van der Waals surface area (Å²) in [6.45, 7) is 4.43. The number of aromatic hydroxyl groups is 1. The van der Waals surface area contributed by atoms with Crippen molar-refractivity contribution < 1.29 is 9.90 Å². The molecular weight excluding hydrogens is 260 g/mol. The van der Waals surface area contributed by atoms with E-state index in [4.69, 9.17) is 0 Å². The number of rotatable bonds is 0. The summed E-state index contributed by atoms with van der Waals surface area (Å²) in [5.74, 6) is 0.742. The number of phenols is 1. The van der Waals surface area contributed by atoms with Gasteiger partial charge in [0.2, 0.25) is 0 Å². The molecule has 2 aromatic rings. The molecule has 2 aliphatic rings. The fraction of sp³-hybridized carbons (Fsp3) is 0.421. The van der Waals surface area contributed by atoms with Crippen LogP contribution in [0.5, 0.6) is 5.75 Å². The van der Waals surface area contributed by atoms with Gasteiger partial charge in [-0.25, -0.2) is 0 Å². The number of phenolic OH excluding ortho intramolecular Hbond substituents is 1. The molecule has 2 unspecified atom stereocenters. The maximum atomic E-state index is 12.4. The number of carbonyl (C=O) groups is 1. The van der Waals surface area contributed by atoms with Crippen molar-refractivity contribution in [3.05, 3.63) is 41.5 Å². The zero-order valence-electron chi connectivity index (χ0n) is 12.6. The van der Waals surface area contributed by atoms with E-state index in [1.54, 1.807) is 6.07 Å². The van der Waals surface area contributed by atoms with E-state index in [9.17, 15) is 9.90 Å². The van der Waals surface area contributed by atoms with Crippen LogP contribution in [0.2, 0.25) is 0 Å². The second kappa shape index (κ2) is 3.88. The minimum atomic E-state index is -0.204. The maximum Gasteiger partial charge on any atom is 0.139 e. The Morgan fingerprint density at radius 3 is 2.57 bits per heavy atom. The van der Waals surface area contributed by atoms with Gasteiger partial charge in [-0.2, -0.15) is 0 Å². The Labute approximate surface area is 124 Å². The third-order valence-corrected chi connectivity index (χ3v) is 6.27. The Morgan fingerprint density at radius 1 is 1.00 bits per heavy atom. The number of hydrogen-bond donors (Lipinski definition) is 1. The largest absolute Gasteiger partial charge is 0.508 e. The van der Waals surface area contributed by atoms with Gasteiger partial charge in [-0.3, -0.25) is 4.79 Å². The molecule has 21 heavy (non-hydrogen) atoms. The van der Waals surface area contributed by atoms with Crippen molar-refractivity contribution in [2.45, 2.75) is 44.9 Å². The van der Waals surface area contributed by atoms with E-state index in [2.05, 4.69) is 26.0 Å². The highest BCUT2D eigenvalue weighted by molar-refractivity contribution is 5.93. The molecule has 0 aromatic heterocycles. The summed E-state index contributed by atoms with van der Waals surface area (Å²) >= 11 is 0. The first kappa shape index (κ1) is 12.9. The zero-order chi connectivity index (χ0) is 14.8. The van der Waals surface area contributed by atoms with Crippen LogP contribution in [-0.2, 0) is 16.6 Å². The lowest BCUT2D eigenvalue weighted by molar-refractivity contribution is -0.127. The lowest BCUT2D eigenvalue weighted by atomic mass is 9.57. The van der Waals surface area contributed by atoms with Crippen molar-refractivity contribution in [3.63, 3.8) is 0 Å². The van der Waals surface area contributed by atoms with Gasteiger partial charge in [0, 0.05) is 17.3 Å². The summed E-state index contributed by atoms with van der Waals surface area (Å²) in [5, 5.41) is 12.0. The zero-order valence-corrected chi connectivity index (χ0v) is 12.6. The van der Waals surface area contributed by atoms with Crippen LogP contribution in [0.1, 0.15) is 44.2 Å². The molecule has 2 nitrogen and oxygen atoms in total. The number of benzene rings is 2. The fourth-order valence-electron chi connectivity index (χ4n) is 4.61. The average Bonchev–Trinajstić information content (AvgIpc) is 2.71. The molecule has 2 atom stereocenters. The summed E-state index contributed by atoms with van der Waals surface area (Å²) in [4.78, 5) is 12.4. The van der Waals surface area contributed by atoms with Crippen molar-refractivity contribution in [2.75, 3.05) is 0 Å². The molecule has 1 N–H and O–H groups in total. The van der Waals surface area contributed by atoms with E-state index in [1.165, 1.54) is 16.5 Å². The van der Waals surface area contributed by atoms with Gasteiger partial charge in [0.25, 0.3) is 0 Å². The van der Waals surface area contributed by atoms with Crippen LogP contribution < -0.4 is 0 Å². The van der Waals surface area contributed by atoms with E-state index >= 15 is 0 Å². The number of aryl methyl sites for hydroxylation is 1. The number of ketones is 1. The predicted octanol–water partition coefficient (Wildman–Crippen LogP) is 4.12. The molecule has 2 aliphatic carbocycles. The third kappa shape index (κ3) is 1.45. The number of Topliss-reactive ketones (excluding diaryl/α,β-unsaturated/α-hetero) is 1. The highest BCUT2D eigenvalue weighted by Crippen LogP contribution is 2.58. The molecule has 2 heteroatoms. The van der Waals surface area contributed by atoms with Crippen molar-refractivity contribution in [1.82, 2.24) is 0 Å². The van der Waals surface area contributed by atoms with E-state index in [1.807, 2.05) is 12.1 Å². The first-order valence-electron chi connectivity index (χ1n) is 7.74. The number of carbonyl (C=O) groups excluding carboxylic acids is 1. The summed E-state index contributed by atoms with van der Waals surface area (Å²) in [5.41, 5.74) is 2.48. The van der Waals surface area contributed by atoms with E-state index in [-0.39, 0.29) is 10.8 Å².